The SMILES string of the molecule is COC(=O)C1=C[CH-]N(C)[CH-]C1.[W+2]. The van der Waals surface area contributed by atoms with E-state index in [2.05, 4.69) is 4.74 Å². The minimum atomic E-state index is -0.245. The molecule has 0 amide bonds. The Morgan fingerprint density at radius 2 is 2.42 bits per heavy atom. The topological polar surface area (TPSA) is 29.5 Å². The number of likely N-dealkylation sites (N-methyl/N-ethyl adjacent to an activating group) is 1. The summed E-state index contributed by atoms with van der Waals surface area (Å²) in [5.41, 5.74) is 0.700. The molecule has 0 aromatic carbocycles. The van der Waals surface area contributed by atoms with E-state index in [-0.39, 0.29) is 27.0 Å². The third-order valence-electron chi connectivity index (χ3n) is 1.56. The monoisotopic (exact) mass is 337 g/mol. The summed E-state index contributed by atoms with van der Waals surface area (Å²) in [4.78, 5) is 12.8. The van der Waals surface area contributed by atoms with Crippen molar-refractivity contribution in [2.75, 3.05) is 14.2 Å². The second kappa shape index (κ2) is 5.39. The van der Waals surface area contributed by atoms with Gasteiger partial charge >= 0.3 is 21.1 Å². The molecule has 12 heavy (non-hydrogen) atoms. The minimum Gasteiger partial charge on any atom is -0.518 e. The van der Waals surface area contributed by atoms with Gasteiger partial charge in [-0.25, -0.2) is 12.5 Å². The van der Waals surface area contributed by atoms with Crippen LogP contribution in [-0.4, -0.2) is 25.0 Å². The van der Waals surface area contributed by atoms with Gasteiger partial charge in [0.1, 0.15) is 0 Å². The maximum atomic E-state index is 10.9. The molecule has 0 fully saturated rings. The van der Waals surface area contributed by atoms with Gasteiger partial charge < -0.3 is 9.64 Å². The van der Waals surface area contributed by atoms with Gasteiger partial charge in [-0.3, -0.25) is 11.3 Å². The van der Waals surface area contributed by atoms with Gasteiger partial charge in [0, 0.05) is 0 Å². The third kappa shape index (κ3) is 3.00. The van der Waals surface area contributed by atoms with Gasteiger partial charge in [-0.15, -0.1) is 5.57 Å². The first kappa shape index (κ1) is 11.7. The Morgan fingerprint density at radius 3 is 2.83 bits per heavy atom. The smallest absolute Gasteiger partial charge is 0.518 e. The van der Waals surface area contributed by atoms with Crippen molar-refractivity contribution in [2.24, 2.45) is 0 Å². The Kier molecular flexibility index (Phi) is 5.27. The Balaban J connectivity index is 0.00000121. The summed E-state index contributed by atoms with van der Waals surface area (Å²) in [7, 11) is 3.31. The molecule has 0 saturated heterocycles. The first-order valence-corrected chi connectivity index (χ1v) is 3.41. The number of methoxy groups -OCH3 is 1. The second-order valence-corrected chi connectivity index (χ2v) is 2.38. The van der Waals surface area contributed by atoms with E-state index in [4.69, 9.17) is 0 Å². The van der Waals surface area contributed by atoms with E-state index < -0.39 is 0 Å². The van der Waals surface area contributed by atoms with Crippen molar-refractivity contribution in [1.82, 2.24) is 4.90 Å². The number of esters is 1. The molecule has 1 aliphatic rings. The fraction of sp³-hybridized carbons (Fsp3) is 0.375. The van der Waals surface area contributed by atoms with Crippen molar-refractivity contribution in [3.63, 3.8) is 0 Å². The van der Waals surface area contributed by atoms with Gasteiger partial charge in [-0.1, -0.05) is 7.05 Å². The molecule has 0 atom stereocenters. The molecule has 0 aromatic rings. The van der Waals surface area contributed by atoms with E-state index in [0.717, 1.165) is 0 Å². The van der Waals surface area contributed by atoms with Crippen molar-refractivity contribution in [2.45, 2.75) is 6.42 Å². The van der Waals surface area contributed by atoms with Crippen LogP contribution in [0.1, 0.15) is 6.42 Å². The molecule has 4 heteroatoms. The number of ether oxygens (including phenoxy) is 1. The van der Waals surface area contributed by atoms with Crippen LogP contribution in [0.15, 0.2) is 11.6 Å². The molecule has 0 radical (unpaired) electrons. The summed E-state index contributed by atoms with van der Waals surface area (Å²) >= 11 is 0. The van der Waals surface area contributed by atoms with Crippen molar-refractivity contribution in [1.29, 1.82) is 0 Å². The molecule has 0 unspecified atom stereocenters. The van der Waals surface area contributed by atoms with Crippen molar-refractivity contribution in [3.8, 4) is 0 Å². The predicted octanol–water partition coefficient (Wildman–Crippen LogP) is 0.742. The number of hydrogen-bond donors (Lipinski definition) is 0. The van der Waals surface area contributed by atoms with Gasteiger partial charge in [0.05, 0.1) is 7.11 Å². The number of carbonyl (C=O) groups is 1. The molecular formula is C8H11NO2W. The first-order chi connectivity index (χ1) is 5.24. The Bertz CT molecular complexity index is 191. The molecule has 1 rings (SSSR count). The van der Waals surface area contributed by atoms with Crippen molar-refractivity contribution in [3.05, 3.63) is 24.7 Å². The van der Waals surface area contributed by atoms with Crippen LogP contribution in [0.4, 0.5) is 0 Å². The molecule has 3 nitrogen and oxygen atoms in total. The Morgan fingerprint density at radius 1 is 1.75 bits per heavy atom. The molecule has 0 bridgehead atoms. The quantitative estimate of drug-likeness (QED) is 0.522. The average molecular weight is 337 g/mol. The van der Waals surface area contributed by atoms with Gasteiger partial charge in [-0.05, 0) is 0 Å². The maximum absolute atomic E-state index is 10.9. The molecule has 0 spiro atoms. The van der Waals surface area contributed by atoms with Crippen LogP contribution in [0.2, 0.25) is 0 Å². The number of rotatable bonds is 1. The first-order valence-electron chi connectivity index (χ1n) is 3.41. The molecule has 1 heterocycles. The van der Waals surface area contributed by atoms with Crippen LogP contribution in [0.3, 0.4) is 0 Å². The normalized spacial score (nSPS) is 17.0. The van der Waals surface area contributed by atoms with Crippen LogP contribution in [-0.2, 0) is 30.6 Å². The summed E-state index contributed by atoms with van der Waals surface area (Å²) in [6, 6.07) is 0. The van der Waals surface area contributed by atoms with Crippen molar-refractivity contribution >= 4 is 5.97 Å². The summed E-state index contributed by atoms with van der Waals surface area (Å²) in [6.45, 7) is 3.75. The van der Waals surface area contributed by atoms with E-state index in [1.807, 2.05) is 25.0 Å². The molecule has 1 aliphatic heterocycles. The van der Waals surface area contributed by atoms with E-state index in [0.29, 0.717) is 12.0 Å². The molecule has 0 N–H and O–H groups in total. The zero-order valence-corrected chi connectivity index (χ0v) is 10.0. The summed E-state index contributed by atoms with van der Waals surface area (Å²) in [5, 5.41) is 0. The van der Waals surface area contributed by atoms with Crippen LogP contribution in [0.5, 0.6) is 0 Å². The Labute approximate surface area is 87.0 Å². The minimum absolute atomic E-state index is 0. The van der Waals surface area contributed by atoms with Gasteiger partial charge in [-0.2, -0.15) is 6.54 Å². The standard InChI is InChI=1S/C8H11NO2.W/c1-9-5-3-7(4-6-9)8(10)11-2;/h3,5-6H,4H2,1-2H3;/q-2;+2. The van der Waals surface area contributed by atoms with Gasteiger partial charge in [0.2, 0.25) is 5.97 Å². The summed E-state index contributed by atoms with van der Waals surface area (Å²) in [5.74, 6) is -0.245. The molecular weight excluding hydrogens is 326 g/mol. The Hall–Kier alpha value is -0.272. The number of nitrogens with zero attached hydrogens (tertiary/aromatic N) is 1. The molecule has 66 valence electrons. The average Bonchev–Trinajstić information content (AvgIpc) is 2.05. The summed E-state index contributed by atoms with van der Waals surface area (Å²) in [6.07, 6.45) is 2.42. The van der Waals surface area contributed by atoms with E-state index in [1.165, 1.54) is 7.11 Å². The van der Waals surface area contributed by atoms with Crippen LogP contribution in [0.25, 0.3) is 0 Å². The zero-order chi connectivity index (χ0) is 8.27. The van der Waals surface area contributed by atoms with Gasteiger partial charge in [0.15, 0.2) is 0 Å². The van der Waals surface area contributed by atoms with Crippen LogP contribution in [0, 0.1) is 13.1 Å². The molecule has 0 saturated carbocycles. The number of carbonyl (C=O) groups excluding carboxylic acids is 1. The van der Waals surface area contributed by atoms with E-state index in [9.17, 15) is 4.79 Å². The largest absolute Gasteiger partial charge is 2.00 e. The zero-order valence-electron chi connectivity index (χ0n) is 7.11. The van der Waals surface area contributed by atoms with Crippen molar-refractivity contribution < 1.29 is 30.6 Å². The maximum Gasteiger partial charge on any atom is 2.00 e. The summed E-state index contributed by atoms with van der Waals surface area (Å²) < 4.78 is 4.56. The molecule has 0 aromatic heterocycles. The molecule has 0 aliphatic carbocycles. The number of hydrogen-bond acceptors (Lipinski definition) is 3. The second-order valence-electron chi connectivity index (χ2n) is 2.38. The fourth-order valence-corrected chi connectivity index (χ4v) is 0.861. The van der Waals surface area contributed by atoms with Gasteiger partial charge in [0.25, 0.3) is 0 Å². The predicted molar refractivity (Wildman–Crippen MR) is 41.1 cm³/mol. The van der Waals surface area contributed by atoms with Crippen LogP contribution >= 0.6 is 0 Å². The fourth-order valence-electron chi connectivity index (χ4n) is 0.861. The third-order valence-corrected chi connectivity index (χ3v) is 1.56. The van der Waals surface area contributed by atoms with E-state index >= 15 is 0 Å². The van der Waals surface area contributed by atoms with Crippen LogP contribution < -0.4 is 0 Å². The van der Waals surface area contributed by atoms with E-state index in [1.54, 1.807) is 6.08 Å².